The number of nitrogens with one attached hydrogen (secondary N) is 1. The van der Waals surface area contributed by atoms with Gasteiger partial charge in [0.15, 0.2) is 0 Å². The summed E-state index contributed by atoms with van der Waals surface area (Å²) in [6.45, 7) is 4.06. The van der Waals surface area contributed by atoms with Gasteiger partial charge in [-0.15, -0.1) is 0 Å². The molecule has 1 unspecified atom stereocenters. The summed E-state index contributed by atoms with van der Waals surface area (Å²) in [6.07, 6.45) is 0. The summed E-state index contributed by atoms with van der Waals surface area (Å²) in [4.78, 5) is 0. The maximum atomic E-state index is 13.7. The minimum Gasteiger partial charge on any atom is -0.384 e. The number of aryl methyl sites for hydroxylation is 1. The fraction of sp³-hybridized carbons (Fsp3) is 0.538. The second-order valence-corrected chi connectivity index (χ2v) is 4.52. The van der Waals surface area contributed by atoms with E-state index in [1.54, 1.807) is 7.11 Å². The summed E-state index contributed by atoms with van der Waals surface area (Å²) in [5, 5.41) is 13.1. The largest absolute Gasteiger partial charge is 0.384 e. The third-order valence-corrected chi connectivity index (χ3v) is 2.78. The highest BCUT2D eigenvalue weighted by molar-refractivity contribution is 5.29. The average molecular weight is 259 g/mol. The van der Waals surface area contributed by atoms with Gasteiger partial charge in [-0.25, -0.2) is 8.78 Å². The molecule has 3 nitrogen and oxygen atoms in total. The molecule has 0 saturated heterocycles. The molecule has 0 heterocycles. The second-order valence-electron chi connectivity index (χ2n) is 4.52. The van der Waals surface area contributed by atoms with Crippen molar-refractivity contribution in [2.75, 3.05) is 26.8 Å². The van der Waals surface area contributed by atoms with Crippen molar-refractivity contribution >= 4 is 0 Å². The van der Waals surface area contributed by atoms with Gasteiger partial charge in [-0.1, -0.05) is 0 Å². The van der Waals surface area contributed by atoms with Crippen LogP contribution in [0.5, 0.6) is 0 Å². The van der Waals surface area contributed by atoms with Crippen LogP contribution in [0.15, 0.2) is 12.1 Å². The Kier molecular flexibility index (Phi) is 5.19. The number of hydrogen-bond donors (Lipinski definition) is 2. The second kappa shape index (κ2) is 6.22. The third kappa shape index (κ3) is 3.73. The zero-order chi connectivity index (χ0) is 13.8. The van der Waals surface area contributed by atoms with Gasteiger partial charge in [0.1, 0.15) is 17.2 Å². The van der Waals surface area contributed by atoms with E-state index >= 15 is 0 Å². The molecule has 0 spiro atoms. The summed E-state index contributed by atoms with van der Waals surface area (Å²) in [6, 6.07) is 2.14. The first-order valence-electron chi connectivity index (χ1n) is 5.76. The van der Waals surface area contributed by atoms with Crippen LogP contribution in [-0.2, 0) is 10.3 Å². The highest BCUT2D eigenvalue weighted by Crippen LogP contribution is 2.25. The summed E-state index contributed by atoms with van der Waals surface area (Å²) in [5.41, 5.74) is -1.29. The summed E-state index contributed by atoms with van der Waals surface area (Å²) >= 11 is 0. The molecule has 1 aromatic rings. The molecule has 0 aliphatic carbocycles. The maximum Gasteiger partial charge on any atom is 0.129 e. The number of aliphatic hydroxyl groups is 1. The Morgan fingerprint density at radius 2 is 2.00 bits per heavy atom. The summed E-state index contributed by atoms with van der Waals surface area (Å²) < 4.78 is 32.0. The quantitative estimate of drug-likeness (QED) is 0.764. The first-order valence-corrected chi connectivity index (χ1v) is 5.76. The van der Waals surface area contributed by atoms with Crippen LogP contribution in [0.25, 0.3) is 0 Å². The van der Waals surface area contributed by atoms with E-state index in [9.17, 15) is 13.9 Å². The van der Waals surface area contributed by atoms with Crippen molar-refractivity contribution < 1.29 is 18.6 Å². The Balaban J connectivity index is 2.80. The van der Waals surface area contributed by atoms with Crippen molar-refractivity contribution in [1.29, 1.82) is 0 Å². The standard InChI is InChI=1S/C13H19F2NO2/c1-9-6-12(15)10(7-11(9)14)13(2,17)8-16-4-5-18-3/h6-7,16-17H,4-5,8H2,1-3H3. The molecule has 1 rings (SSSR count). The lowest BCUT2D eigenvalue weighted by Gasteiger charge is -2.25. The Morgan fingerprint density at radius 3 is 2.61 bits per heavy atom. The molecule has 0 radical (unpaired) electrons. The van der Waals surface area contributed by atoms with Crippen molar-refractivity contribution in [1.82, 2.24) is 5.32 Å². The summed E-state index contributed by atoms with van der Waals surface area (Å²) in [5.74, 6) is -1.13. The first kappa shape index (κ1) is 15.0. The molecule has 0 aliphatic heterocycles. The number of ether oxygens (including phenoxy) is 1. The van der Waals surface area contributed by atoms with Crippen LogP contribution < -0.4 is 5.32 Å². The molecule has 0 aromatic heterocycles. The van der Waals surface area contributed by atoms with Gasteiger partial charge in [0.2, 0.25) is 0 Å². The Morgan fingerprint density at radius 1 is 1.33 bits per heavy atom. The molecule has 1 atom stereocenters. The minimum absolute atomic E-state index is 0.0458. The molecular weight excluding hydrogens is 240 g/mol. The highest BCUT2D eigenvalue weighted by atomic mass is 19.1. The van der Waals surface area contributed by atoms with Gasteiger partial charge in [0, 0.05) is 25.8 Å². The molecule has 0 fully saturated rings. The number of methoxy groups -OCH3 is 1. The van der Waals surface area contributed by atoms with E-state index in [2.05, 4.69) is 5.32 Å². The van der Waals surface area contributed by atoms with Crippen LogP contribution in [0.4, 0.5) is 8.78 Å². The molecule has 0 saturated carbocycles. The topological polar surface area (TPSA) is 41.5 Å². The van der Waals surface area contributed by atoms with Gasteiger partial charge in [-0.2, -0.15) is 0 Å². The number of rotatable bonds is 6. The van der Waals surface area contributed by atoms with E-state index in [1.165, 1.54) is 13.8 Å². The highest BCUT2D eigenvalue weighted by Gasteiger charge is 2.27. The smallest absolute Gasteiger partial charge is 0.129 e. The fourth-order valence-electron chi connectivity index (χ4n) is 1.66. The Labute approximate surface area is 106 Å². The van der Waals surface area contributed by atoms with Crippen LogP contribution >= 0.6 is 0 Å². The minimum atomic E-state index is -1.47. The van der Waals surface area contributed by atoms with Gasteiger partial charge < -0.3 is 15.2 Å². The van der Waals surface area contributed by atoms with Crippen LogP contribution in [0, 0.1) is 18.6 Å². The van der Waals surface area contributed by atoms with Crippen LogP contribution in [-0.4, -0.2) is 31.9 Å². The van der Waals surface area contributed by atoms with Crippen molar-refractivity contribution in [3.8, 4) is 0 Å². The molecular formula is C13H19F2NO2. The van der Waals surface area contributed by atoms with Crippen LogP contribution in [0.1, 0.15) is 18.1 Å². The number of benzene rings is 1. The maximum absolute atomic E-state index is 13.7. The molecule has 0 bridgehead atoms. The molecule has 18 heavy (non-hydrogen) atoms. The van der Waals surface area contributed by atoms with E-state index in [0.717, 1.165) is 12.1 Å². The lowest BCUT2D eigenvalue weighted by Crippen LogP contribution is -2.37. The van der Waals surface area contributed by atoms with Crippen LogP contribution in [0.2, 0.25) is 0 Å². The normalized spacial score (nSPS) is 14.6. The molecule has 0 aliphatic rings. The van der Waals surface area contributed by atoms with Gasteiger partial charge in [-0.3, -0.25) is 0 Å². The molecule has 1 aromatic carbocycles. The fourth-order valence-corrected chi connectivity index (χ4v) is 1.66. The predicted octanol–water partition coefficient (Wildman–Crippen LogP) is 1.72. The van der Waals surface area contributed by atoms with E-state index in [-0.39, 0.29) is 17.7 Å². The Hall–Kier alpha value is -1.04. The van der Waals surface area contributed by atoms with Crippen molar-refractivity contribution in [2.45, 2.75) is 19.4 Å². The average Bonchev–Trinajstić information content (AvgIpc) is 2.29. The molecule has 102 valence electrons. The predicted molar refractivity (Wildman–Crippen MR) is 65.4 cm³/mol. The van der Waals surface area contributed by atoms with E-state index in [4.69, 9.17) is 4.74 Å². The molecule has 0 amide bonds. The zero-order valence-corrected chi connectivity index (χ0v) is 10.9. The van der Waals surface area contributed by atoms with Gasteiger partial charge in [0.05, 0.1) is 6.61 Å². The van der Waals surface area contributed by atoms with Gasteiger partial charge >= 0.3 is 0 Å². The molecule has 5 heteroatoms. The first-order chi connectivity index (χ1) is 8.38. The van der Waals surface area contributed by atoms with Crippen molar-refractivity contribution in [2.24, 2.45) is 0 Å². The van der Waals surface area contributed by atoms with Gasteiger partial charge in [-0.05, 0) is 31.5 Å². The summed E-state index contributed by atoms with van der Waals surface area (Å²) in [7, 11) is 1.56. The number of halogens is 2. The van der Waals surface area contributed by atoms with E-state index in [1.807, 2.05) is 0 Å². The van der Waals surface area contributed by atoms with E-state index < -0.39 is 17.2 Å². The lowest BCUT2D eigenvalue weighted by molar-refractivity contribution is 0.0510. The lowest BCUT2D eigenvalue weighted by atomic mass is 9.94. The number of hydrogen-bond acceptors (Lipinski definition) is 3. The van der Waals surface area contributed by atoms with E-state index in [0.29, 0.717) is 13.2 Å². The van der Waals surface area contributed by atoms with Crippen LogP contribution in [0.3, 0.4) is 0 Å². The monoisotopic (exact) mass is 259 g/mol. The van der Waals surface area contributed by atoms with Crippen molar-refractivity contribution in [3.05, 3.63) is 34.9 Å². The third-order valence-electron chi connectivity index (χ3n) is 2.78. The molecule has 2 N–H and O–H groups in total. The SMILES string of the molecule is COCCNCC(C)(O)c1cc(F)c(C)cc1F. The Bertz CT molecular complexity index is 408. The van der Waals surface area contributed by atoms with Crippen molar-refractivity contribution in [3.63, 3.8) is 0 Å². The van der Waals surface area contributed by atoms with Gasteiger partial charge in [0.25, 0.3) is 0 Å². The zero-order valence-electron chi connectivity index (χ0n) is 10.9.